The second-order valence-corrected chi connectivity index (χ2v) is 6.76. The molecule has 0 aliphatic carbocycles. The van der Waals surface area contributed by atoms with Crippen LogP contribution in [0.5, 0.6) is 5.75 Å². The van der Waals surface area contributed by atoms with Crippen LogP contribution in [0, 0.1) is 6.92 Å². The van der Waals surface area contributed by atoms with Crippen molar-refractivity contribution in [2.45, 2.75) is 40.2 Å². The van der Waals surface area contributed by atoms with Crippen LogP contribution in [-0.2, 0) is 16.1 Å². The van der Waals surface area contributed by atoms with E-state index in [4.69, 9.17) is 9.47 Å². The molecule has 0 atom stereocenters. The first kappa shape index (κ1) is 20.5. The van der Waals surface area contributed by atoms with Gasteiger partial charge in [-0.2, -0.15) is 0 Å². The van der Waals surface area contributed by atoms with E-state index >= 15 is 0 Å². The average Bonchev–Trinajstić information content (AvgIpc) is 2.63. The molecule has 1 amide bonds. The largest absolute Gasteiger partial charge is 0.490 e. The number of rotatable bonds is 8. The minimum Gasteiger partial charge on any atom is -0.490 e. The van der Waals surface area contributed by atoms with Crippen LogP contribution in [0.4, 0.5) is 0 Å². The number of esters is 1. The SMILES string of the molecule is CC(=O)NCc1ccc(C(=O)OCCOc2ccc(C(C)C)c(C)c2)cc1. The number of hydrogen-bond donors (Lipinski definition) is 1. The summed E-state index contributed by atoms with van der Waals surface area (Å²) in [5.74, 6) is 0.767. The molecule has 27 heavy (non-hydrogen) atoms. The van der Waals surface area contributed by atoms with Crippen LogP contribution in [0.1, 0.15) is 53.7 Å². The van der Waals surface area contributed by atoms with Gasteiger partial charge in [0.2, 0.25) is 5.91 Å². The van der Waals surface area contributed by atoms with E-state index in [1.807, 2.05) is 12.1 Å². The van der Waals surface area contributed by atoms with Gasteiger partial charge in [-0.25, -0.2) is 4.79 Å². The normalized spacial score (nSPS) is 10.6. The van der Waals surface area contributed by atoms with Crippen molar-refractivity contribution < 1.29 is 19.1 Å². The van der Waals surface area contributed by atoms with Crippen LogP contribution in [0.3, 0.4) is 0 Å². The van der Waals surface area contributed by atoms with E-state index in [-0.39, 0.29) is 12.5 Å². The van der Waals surface area contributed by atoms with E-state index in [1.165, 1.54) is 18.1 Å². The molecule has 0 saturated carbocycles. The van der Waals surface area contributed by atoms with Gasteiger partial charge in [0.1, 0.15) is 19.0 Å². The molecule has 0 saturated heterocycles. The first-order valence-electron chi connectivity index (χ1n) is 9.10. The van der Waals surface area contributed by atoms with Crippen LogP contribution in [0.2, 0.25) is 0 Å². The Morgan fingerprint density at radius 3 is 2.33 bits per heavy atom. The third-order valence-corrected chi connectivity index (χ3v) is 4.18. The lowest BCUT2D eigenvalue weighted by atomic mass is 9.98. The molecule has 0 aromatic heterocycles. The molecule has 0 aliphatic heterocycles. The second-order valence-electron chi connectivity index (χ2n) is 6.76. The van der Waals surface area contributed by atoms with Crippen molar-refractivity contribution in [3.63, 3.8) is 0 Å². The van der Waals surface area contributed by atoms with Gasteiger partial charge < -0.3 is 14.8 Å². The fraction of sp³-hybridized carbons (Fsp3) is 0.364. The van der Waals surface area contributed by atoms with Gasteiger partial charge in [-0.3, -0.25) is 4.79 Å². The summed E-state index contributed by atoms with van der Waals surface area (Å²) in [6, 6.07) is 13.0. The van der Waals surface area contributed by atoms with E-state index in [1.54, 1.807) is 24.3 Å². The lowest BCUT2D eigenvalue weighted by Crippen LogP contribution is -2.19. The van der Waals surface area contributed by atoms with Gasteiger partial charge >= 0.3 is 5.97 Å². The first-order valence-corrected chi connectivity index (χ1v) is 9.10. The quantitative estimate of drug-likeness (QED) is 0.564. The highest BCUT2D eigenvalue weighted by Crippen LogP contribution is 2.23. The molecule has 0 unspecified atom stereocenters. The Balaban J connectivity index is 1.77. The van der Waals surface area contributed by atoms with Gasteiger partial charge in [-0.1, -0.05) is 32.0 Å². The zero-order chi connectivity index (χ0) is 19.8. The predicted octanol–water partition coefficient (Wildman–Crippen LogP) is 3.99. The highest BCUT2D eigenvalue weighted by molar-refractivity contribution is 5.89. The third kappa shape index (κ3) is 6.44. The summed E-state index contributed by atoms with van der Waals surface area (Å²) in [5, 5.41) is 2.71. The Bertz CT molecular complexity index is 781. The van der Waals surface area contributed by atoms with Gasteiger partial charge in [0.05, 0.1) is 5.56 Å². The van der Waals surface area contributed by atoms with Crippen molar-refractivity contribution in [2.75, 3.05) is 13.2 Å². The van der Waals surface area contributed by atoms with E-state index < -0.39 is 5.97 Å². The summed E-state index contributed by atoms with van der Waals surface area (Å²) >= 11 is 0. The van der Waals surface area contributed by atoms with Gasteiger partial charge in [-0.15, -0.1) is 0 Å². The first-order chi connectivity index (χ1) is 12.9. The minimum absolute atomic E-state index is 0.0903. The molecular formula is C22H27NO4. The number of ether oxygens (including phenoxy) is 2. The minimum atomic E-state index is -0.393. The van der Waals surface area contributed by atoms with Crippen molar-refractivity contribution in [1.29, 1.82) is 0 Å². The van der Waals surface area contributed by atoms with Crippen LogP contribution >= 0.6 is 0 Å². The van der Waals surface area contributed by atoms with Crippen molar-refractivity contribution in [1.82, 2.24) is 5.32 Å². The topological polar surface area (TPSA) is 64.6 Å². The lowest BCUT2D eigenvalue weighted by molar-refractivity contribution is -0.119. The lowest BCUT2D eigenvalue weighted by Gasteiger charge is -2.12. The number of carbonyl (C=O) groups is 2. The molecule has 0 fully saturated rings. The Morgan fingerprint density at radius 1 is 1.04 bits per heavy atom. The highest BCUT2D eigenvalue weighted by atomic mass is 16.6. The maximum Gasteiger partial charge on any atom is 0.338 e. The van der Waals surface area contributed by atoms with Crippen LogP contribution < -0.4 is 10.1 Å². The molecule has 5 nitrogen and oxygen atoms in total. The summed E-state index contributed by atoms with van der Waals surface area (Å²) in [5.41, 5.74) is 3.89. The van der Waals surface area contributed by atoms with Gasteiger partial charge in [-0.05, 0) is 53.8 Å². The fourth-order valence-electron chi connectivity index (χ4n) is 2.75. The number of amides is 1. The number of aryl methyl sites for hydroxylation is 1. The smallest absolute Gasteiger partial charge is 0.338 e. The Kier molecular flexibility index (Phi) is 7.41. The van der Waals surface area contributed by atoms with E-state index in [0.717, 1.165) is 11.3 Å². The fourth-order valence-corrected chi connectivity index (χ4v) is 2.75. The Morgan fingerprint density at radius 2 is 1.74 bits per heavy atom. The molecule has 2 rings (SSSR count). The molecule has 144 valence electrons. The van der Waals surface area contributed by atoms with Crippen LogP contribution in [-0.4, -0.2) is 25.1 Å². The van der Waals surface area contributed by atoms with Gasteiger partial charge in [0, 0.05) is 13.5 Å². The van der Waals surface area contributed by atoms with Gasteiger partial charge in [0.25, 0.3) is 0 Å². The summed E-state index contributed by atoms with van der Waals surface area (Å²) in [6.07, 6.45) is 0. The van der Waals surface area contributed by atoms with E-state index in [0.29, 0.717) is 24.6 Å². The van der Waals surface area contributed by atoms with Crippen molar-refractivity contribution in [3.05, 3.63) is 64.7 Å². The summed E-state index contributed by atoms with van der Waals surface area (Å²) in [4.78, 5) is 23.0. The molecule has 2 aromatic rings. The maximum atomic E-state index is 12.1. The van der Waals surface area contributed by atoms with Crippen LogP contribution in [0.15, 0.2) is 42.5 Å². The molecule has 5 heteroatoms. The number of benzene rings is 2. The van der Waals surface area contributed by atoms with Crippen molar-refractivity contribution in [3.8, 4) is 5.75 Å². The van der Waals surface area contributed by atoms with E-state index in [9.17, 15) is 9.59 Å². The van der Waals surface area contributed by atoms with Gasteiger partial charge in [0.15, 0.2) is 0 Å². The van der Waals surface area contributed by atoms with Crippen LogP contribution in [0.25, 0.3) is 0 Å². The molecule has 0 heterocycles. The number of hydrogen-bond acceptors (Lipinski definition) is 4. The molecule has 0 bridgehead atoms. The molecule has 2 aromatic carbocycles. The Hall–Kier alpha value is -2.82. The predicted molar refractivity (Wildman–Crippen MR) is 105 cm³/mol. The molecule has 0 aliphatic rings. The average molecular weight is 369 g/mol. The summed E-state index contributed by atoms with van der Waals surface area (Å²) in [7, 11) is 0. The molecule has 1 N–H and O–H groups in total. The maximum absolute atomic E-state index is 12.1. The molecule has 0 spiro atoms. The number of carbonyl (C=O) groups excluding carboxylic acids is 2. The summed E-state index contributed by atoms with van der Waals surface area (Å²) in [6.45, 7) is 8.77. The molecule has 0 radical (unpaired) electrons. The zero-order valence-electron chi connectivity index (χ0n) is 16.4. The third-order valence-electron chi connectivity index (χ3n) is 4.18. The zero-order valence-corrected chi connectivity index (χ0v) is 16.4. The monoisotopic (exact) mass is 369 g/mol. The molecular weight excluding hydrogens is 342 g/mol. The van der Waals surface area contributed by atoms with Crippen molar-refractivity contribution in [2.24, 2.45) is 0 Å². The summed E-state index contributed by atoms with van der Waals surface area (Å²) < 4.78 is 10.9. The van der Waals surface area contributed by atoms with E-state index in [2.05, 4.69) is 32.2 Å². The Labute approximate surface area is 160 Å². The van der Waals surface area contributed by atoms with Crippen molar-refractivity contribution >= 4 is 11.9 Å². The highest BCUT2D eigenvalue weighted by Gasteiger charge is 2.08. The number of nitrogens with one attached hydrogen (secondary N) is 1. The standard InChI is InChI=1S/C22H27NO4/c1-15(2)21-10-9-20(13-16(21)3)26-11-12-27-22(25)19-7-5-18(6-8-19)14-23-17(4)24/h5-10,13,15H,11-12,14H2,1-4H3,(H,23,24). The second kappa shape index (κ2) is 9.76.